The fourth-order valence-electron chi connectivity index (χ4n) is 1.31. The molecular weight excluding hydrogens is 212 g/mol. The van der Waals surface area contributed by atoms with Gasteiger partial charge in [-0.1, -0.05) is 6.08 Å². The minimum atomic E-state index is -0.580. The number of carbonyl (C=O) groups is 1. The third-order valence-corrected chi connectivity index (χ3v) is 2.00. The maximum atomic E-state index is 11.2. The van der Waals surface area contributed by atoms with Crippen molar-refractivity contribution in [1.82, 2.24) is 0 Å². The summed E-state index contributed by atoms with van der Waals surface area (Å²) in [6, 6.07) is 0. The average molecular weight is 230 g/mol. The highest BCUT2D eigenvalue weighted by molar-refractivity contribution is 5.81. The molecule has 5 heteroatoms. The number of carbonyl (C=O) groups excluding carboxylic acids is 1. The van der Waals surface area contributed by atoms with Crippen molar-refractivity contribution in [1.29, 1.82) is 0 Å². The van der Waals surface area contributed by atoms with Crippen LogP contribution in [0.1, 0.15) is 13.8 Å². The molecule has 92 valence electrons. The van der Waals surface area contributed by atoms with E-state index in [1.54, 1.807) is 13.2 Å². The van der Waals surface area contributed by atoms with E-state index in [9.17, 15) is 4.79 Å². The molecule has 1 rings (SSSR count). The summed E-state index contributed by atoms with van der Waals surface area (Å²) in [5, 5.41) is 0. The lowest BCUT2D eigenvalue weighted by Gasteiger charge is -2.16. The van der Waals surface area contributed by atoms with E-state index in [2.05, 4.69) is 0 Å². The molecule has 1 heterocycles. The molecular formula is C11H18O5. The van der Waals surface area contributed by atoms with Crippen molar-refractivity contribution in [2.45, 2.75) is 25.7 Å². The van der Waals surface area contributed by atoms with Gasteiger partial charge in [-0.25, -0.2) is 4.79 Å². The average Bonchev–Trinajstić information content (AvgIpc) is 2.56. The van der Waals surface area contributed by atoms with Crippen molar-refractivity contribution >= 4 is 5.97 Å². The van der Waals surface area contributed by atoms with Gasteiger partial charge in [-0.3, -0.25) is 0 Å². The fraction of sp³-hybridized carbons (Fsp3) is 0.727. The maximum absolute atomic E-state index is 11.2. The molecule has 0 N–H and O–H groups in total. The molecule has 1 atom stereocenters. The summed E-state index contributed by atoms with van der Waals surface area (Å²) < 4.78 is 20.5. The van der Waals surface area contributed by atoms with Crippen molar-refractivity contribution in [2.75, 3.05) is 26.9 Å². The Balaban J connectivity index is 2.18. The molecule has 1 aliphatic heterocycles. The van der Waals surface area contributed by atoms with E-state index in [4.69, 9.17) is 18.9 Å². The molecule has 0 radical (unpaired) electrons. The van der Waals surface area contributed by atoms with E-state index in [-0.39, 0.29) is 12.7 Å². The van der Waals surface area contributed by atoms with Crippen LogP contribution >= 0.6 is 0 Å². The van der Waals surface area contributed by atoms with Gasteiger partial charge in [0.15, 0.2) is 5.79 Å². The zero-order chi connectivity index (χ0) is 12.0. The Morgan fingerprint density at radius 2 is 2.31 bits per heavy atom. The van der Waals surface area contributed by atoms with E-state index in [1.807, 2.05) is 13.8 Å². The van der Waals surface area contributed by atoms with Crippen molar-refractivity contribution in [3.8, 4) is 0 Å². The lowest BCUT2D eigenvalue weighted by molar-refractivity contribution is -0.154. The normalized spacial score (nSPS) is 23.8. The fourth-order valence-corrected chi connectivity index (χ4v) is 1.31. The maximum Gasteiger partial charge on any atom is 0.330 e. The smallest absolute Gasteiger partial charge is 0.330 e. The number of hydrogen-bond donors (Lipinski definition) is 0. The second kappa shape index (κ2) is 5.98. The van der Waals surface area contributed by atoms with Crippen LogP contribution in [0.5, 0.6) is 0 Å². The predicted molar refractivity (Wildman–Crippen MR) is 56.9 cm³/mol. The van der Waals surface area contributed by atoms with E-state index >= 15 is 0 Å². The van der Waals surface area contributed by atoms with Crippen molar-refractivity contribution in [3.05, 3.63) is 12.2 Å². The van der Waals surface area contributed by atoms with Crippen LogP contribution in [-0.2, 0) is 23.7 Å². The molecule has 0 bridgehead atoms. The van der Waals surface area contributed by atoms with Gasteiger partial charge >= 0.3 is 5.97 Å². The van der Waals surface area contributed by atoms with Crippen molar-refractivity contribution in [2.24, 2.45) is 0 Å². The molecule has 0 saturated carbocycles. The first-order valence-electron chi connectivity index (χ1n) is 5.17. The Kier molecular flexibility index (Phi) is 4.92. The monoisotopic (exact) mass is 230 g/mol. The third kappa shape index (κ3) is 4.74. The molecule has 0 aromatic carbocycles. The zero-order valence-electron chi connectivity index (χ0n) is 9.89. The van der Waals surface area contributed by atoms with E-state index < -0.39 is 11.8 Å². The number of rotatable bonds is 5. The molecule has 0 aliphatic carbocycles. The summed E-state index contributed by atoms with van der Waals surface area (Å²) in [6.07, 6.45) is 2.75. The summed E-state index contributed by atoms with van der Waals surface area (Å²) in [7, 11) is 1.56. The molecule has 1 saturated heterocycles. The van der Waals surface area contributed by atoms with Crippen LogP contribution in [0.25, 0.3) is 0 Å². The van der Waals surface area contributed by atoms with Crippen LogP contribution in [0.2, 0.25) is 0 Å². The van der Waals surface area contributed by atoms with Crippen LogP contribution < -0.4 is 0 Å². The van der Waals surface area contributed by atoms with Crippen LogP contribution in [-0.4, -0.2) is 44.8 Å². The lowest BCUT2D eigenvalue weighted by Crippen LogP contribution is -2.24. The Morgan fingerprint density at radius 3 is 2.88 bits per heavy atom. The minimum Gasteiger partial charge on any atom is -0.460 e. The van der Waals surface area contributed by atoms with Gasteiger partial charge in [-0.2, -0.15) is 0 Å². The Bertz CT molecular complexity index is 259. The SMILES string of the molecule is COCC=CC(=O)OCC1COC(C)(C)O1. The summed E-state index contributed by atoms with van der Waals surface area (Å²) in [4.78, 5) is 11.2. The molecule has 0 amide bonds. The van der Waals surface area contributed by atoms with Gasteiger partial charge in [0.1, 0.15) is 12.7 Å². The predicted octanol–water partition coefficient (Wildman–Crippen LogP) is 0.884. The summed E-state index contributed by atoms with van der Waals surface area (Å²) in [5.41, 5.74) is 0. The van der Waals surface area contributed by atoms with Crippen molar-refractivity contribution in [3.63, 3.8) is 0 Å². The van der Waals surface area contributed by atoms with E-state index in [1.165, 1.54) is 6.08 Å². The highest BCUT2D eigenvalue weighted by Crippen LogP contribution is 2.22. The van der Waals surface area contributed by atoms with E-state index in [0.29, 0.717) is 13.2 Å². The van der Waals surface area contributed by atoms with E-state index in [0.717, 1.165) is 0 Å². The molecule has 16 heavy (non-hydrogen) atoms. The second-order valence-corrected chi connectivity index (χ2v) is 3.94. The van der Waals surface area contributed by atoms with Gasteiger partial charge in [0, 0.05) is 13.2 Å². The molecule has 0 aromatic heterocycles. The van der Waals surface area contributed by atoms with Gasteiger partial charge in [0.25, 0.3) is 0 Å². The summed E-state index contributed by atoms with van der Waals surface area (Å²) >= 11 is 0. The number of ether oxygens (including phenoxy) is 4. The topological polar surface area (TPSA) is 54.0 Å². The van der Waals surface area contributed by atoms with Gasteiger partial charge in [0.05, 0.1) is 13.2 Å². The van der Waals surface area contributed by atoms with Crippen molar-refractivity contribution < 1.29 is 23.7 Å². The van der Waals surface area contributed by atoms with Crippen LogP contribution in [0.15, 0.2) is 12.2 Å². The Labute approximate surface area is 95.3 Å². The molecule has 1 aliphatic rings. The summed E-state index contributed by atoms with van der Waals surface area (Å²) in [6.45, 7) is 4.70. The lowest BCUT2D eigenvalue weighted by atomic mass is 10.4. The molecule has 5 nitrogen and oxygen atoms in total. The number of esters is 1. The van der Waals surface area contributed by atoms with Gasteiger partial charge < -0.3 is 18.9 Å². The second-order valence-electron chi connectivity index (χ2n) is 3.94. The Morgan fingerprint density at radius 1 is 1.56 bits per heavy atom. The van der Waals surface area contributed by atoms with Gasteiger partial charge in [-0.15, -0.1) is 0 Å². The molecule has 0 aromatic rings. The minimum absolute atomic E-state index is 0.185. The highest BCUT2D eigenvalue weighted by atomic mass is 16.7. The molecule has 0 spiro atoms. The number of methoxy groups -OCH3 is 1. The van der Waals surface area contributed by atoms with Crippen LogP contribution in [0, 0.1) is 0 Å². The van der Waals surface area contributed by atoms with Gasteiger partial charge in [-0.05, 0) is 13.8 Å². The first-order valence-corrected chi connectivity index (χ1v) is 5.17. The summed E-state index contributed by atoms with van der Waals surface area (Å²) in [5.74, 6) is -0.978. The van der Waals surface area contributed by atoms with Crippen LogP contribution in [0.4, 0.5) is 0 Å². The largest absolute Gasteiger partial charge is 0.460 e. The van der Waals surface area contributed by atoms with Gasteiger partial charge in [0.2, 0.25) is 0 Å². The first-order chi connectivity index (χ1) is 7.53. The van der Waals surface area contributed by atoms with Crippen LogP contribution in [0.3, 0.4) is 0 Å². The molecule has 1 fully saturated rings. The number of hydrogen-bond acceptors (Lipinski definition) is 5. The Hall–Kier alpha value is -0.910. The zero-order valence-corrected chi connectivity index (χ0v) is 9.89. The molecule has 1 unspecified atom stereocenters. The third-order valence-electron chi connectivity index (χ3n) is 2.00. The highest BCUT2D eigenvalue weighted by Gasteiger charge is 2.33. The first kappa shape index (κ1) is 13.2. The standard InChI is InChI=1S/C11H18O5/c1-11(2)15-8-9(16-11)7-14-10(12)5-4-6-13-3/h4-5,9H,6-8H2,1-3H3. The quantitative estimate of drug-likeness (QED) is 0.518.